The van der Waals surface area contributed by atoms with E-state index >= 15 is 0 Å². The minimum Gasteiger partial charge on any atom is -0.481 e. The van der Waals surface area contributed by atoms with Crippen LogP contribution in [-0.4, -0.2) is 34.5 Å². The Morgan fingerprint density at radius 1 is 1.35 bits per heavy atom. The minimum absolute atomic E-state index is 0.195. The molecule has 1 saturated heterocycles. The molecule has 1 aliphatic heterocycles. The van der Waals surface area contributed by atoms with E-state index in [9.17, 15) is 18.4 Å². The lowest BCUT2D eigenvalue weighted by Crippen LogP contribution is -2.38. The fourth-order valence-electron chi connectivity index (χ4n) is 2.40. The number of hydrogen-bond acceptors (Lipinski definition) is 2. The Bertz CT molecular complexity index is 579. The third kappa shape index (κ3) is 2.47. The summed E-state index contributed by atoms with van der Waals surface area (Å²) >= 11 is 5.43. The maximum atomic E-state index is 13.7. The molecule has 2 atom stereocenters. The molecule has 0 spiro atoms. The molecule has 1 aliphatic rings. The molecule has 0 saturated carbocycles. The van der Waals surface area contributed by atoms with Gasteiger partial charge in [0.25, 0.3) is 5.91 Å². The largest absolute Gasteiger partial charge is 0.481 e. The van der Waals surface area contributed by atoms with Crippen molar-refractivity contribution in [1.82, 2.24) is 4.90 Å². The van der Waals surface area contributed by atoms with E-state index in [2.05, 4.69) is 0 Å². The van der Waals surface area contributed by atoms with Crippen LogP contribution >= 0.6 is 11.6 Å². The molecule has 2 rings (SSSR count). The molecule has 20 heavy (non-hydrogen) atoms. The average molecular weight is 304 g/mol. The van der Waals surface area contributed by atoms with Crippen molar-refractivity contribution in [3.05, 3.63) is 34.4 Å². The molecule has 1 N–H and O–H groups in total. The predicted octanol–water partition coefficient (Wildman–Crippen LogP) is 2.55. The van der Waals surface area contributed by atoms with E-state index < -0.39 is 46.1 Å². The van der Waals surface area contributed by atoms with Crippen LogP contribution in [0.25, 0.3) is 0 Å². The number of nitrogens with zero attached hydrogens (tertiary/aromatic N) is 1. The smallest absolute Gasteiger partial charge is 0.308 e. The first kappa shape index (κ1) is 14.7. The zero-order chi connectivity index (χ0) is 15.0. The van der Waals surface area contributed by atoms with E-state index in [0.29, 0.717) is 6.42 Å². The van der Waals surface area contributed by atoms with Crippen molar-refractivity contribution in [2.45, 2.75) is 19.4 Å². The highest BCUT2D eigenvalue weighted by atomic mass is 35.5. The van der Waals surface area contributed by atoms with Crippen molar-refractivity contribution >= 4 is 23.5 Å². The van der Waals surface area contributed by atoms with E-state index in [1.54, 1.807) is 6.92 Å². The van der Waals surface area contributed by atoms with Crippen LogP contribution < -0.4 is 0 Å². The van der Waals surface area contributed by atoms with Crippen LogP contribution in [-0.2, 0) is 4.79 Å². The highest BCUT2D eigenvalue weighted by Gasteiger charge is 2.39. The van der Waals surface area contributed by atoms with E-state index in [4.69, 9.17) is 16.7 Å². The van der Waals surface area contributed by atoms with Crippen molar-refractivity contribution in [1.29, 1.82) is 0 Å². The van der Waals surface area contributed by atoms with Gasteiger partial charge in [0.2, 0.25) is 0 Å². The van der Waals surface area contributed by atoms with Gasteiger partial charge >= 0.3 is 5.97 Å². The van der Waals surface area contributed by atoms with Gasteiger partial charge in [-0.05, 0) is 25.5 Å². The summed E-state index contributed by atoms with van der Waals surface area (Å²) in [6, 6.07) is 0.901. The fourth-order valence-corrected chi connectivity index (χ4v) is 2.55. The van der Waals surface area contributed by atoms with E-state index in [1.165, 1.54) is 4.90 Å². The number of halogens is 3. The first-order valence-electron chi connectivity index (χ1n) is 6.01. The second kappa shape index (κ2) is 5.36. The molecule has 1 aromatic carbocycles. The molecule has 1 heterocycles. The van der Waals surface area contributed by atoms with Gasteiger partial charge in [0.15, 0.2) is 0 Å². The summed E-state index contributed by atoms with van der Waals surface area (Å²) in [5, 5.41) is 8.59. The summed E-state index contributed by atoms with van der Waals surface area (Å²) in [6.45, 7) is 1.77. The SMILES string of the molecule is CC1C(C(=O)O)CCN1C(=O)c1cc(F)c(Cl)cc1F. The summed E-state index contributed by atoms with van der Waals surface area (Å²) in [4.78, 5) is 24.4. The number of carbonyl (C=O) groups is 2. The van der Waals surface area contributed by atoms with Crippen molar-refractivity contribution in [2.75, 3.05) is 6.54 Å². The lowest BCUT2D eigenvalue weighted by Gasteiger charge is -2.23. The van der Waals surface area contributed by atoms with Crippen LogP contribution in [0.1, 0.15) is 23.7 Å². The van der Waals surface area contributed by atoms with Crippen molar-refractivity contribution < 1.29 is 23.5 Å². The number of carboxylic acid groups (broad SMARTS) is 1. The summed E-state index contributed by atoms with van der Waals surface area (Å²) < 4.78 is 27.0. The normalized spacial score (nSPS) is 22.1. The highest BCUT2D eigenvalue weighted by Crippen LogP contribution is 2.28. The van der Waals surface area contributed by atoms with E-state index in [0.717, 1.165) is 12.1 Å². The maximum absolute atomic E-state index is 13.7. The molecule has 1 fully saturated rings. The van der Waals surface area contributed by atoms with Crippen molar-refractivity contribution in [3.63, 3.8) is 0 Å². The zero-order valence-electron chi connectivity index (χ0n) is 10.6. The Labute approximate surface area is 118 Å². The first-order chi connectivity index (χ1) is 9.32. The van der Waals surface area contributed by atoms with Crippen LogP contribution in [0, 0.1) is 17.6 Å². The lowest BCUT2D eigenvalue weighted by molar-refractivity contribution is -0.142. The molecule has 1 amide bonds. The molecule has 1 aromatic rings. The topological polar surface area (TPSA) is 57.6 Å². The average Bonchev–Trinajstić information content (AvgIpc) is 2.75. The molecule has 0 aliphatic carbocycles. The summed E-state index contributed by atoms with van der Waals surface area (Å²) in [7, 11) is 0. The van der Waals surface area contributed by atoms with Gasteiger partial charge in [-0.2, -0.15) is 0 Å². The first-order valence-corrected chi connectivity index (χ1v) is 6.39. The van der Waals surface area contributed by atoms with E-state index in [1.807, 2.05) is 0 Å². The predicted molar refractivity (Wildman–Crippen MR) is 67.6 cm³/mol. The number of carboxylic acids is 1. The number of carbonyl (C=O) groups excluding carboxylic acids is 1. The molecule has 0 aromatic heterocycles. The van der Waals surface area contributed by atoms with Gasteiger partial charge in [0.05, 0.1) is 16.5 Å². The van der Waals surface area contributed by atoms with Crippen molar-refractivity contribution in [3.8, 4) is 0 Å². The van der Waals surface area contributed by atoms with E-state index in [-0.39, 0.29) is 6.54 Å². The number of hydrogen-bond donors (Lipinski definition) is 1. The molecular formula is C13H12ClF2NO3. The number of amides is 1. The summed E-state index contributed by atoms with van der Waals surface area (Å²) in [6.07, 6.45) is 0.292. The van der Waals surface area contributed by atoms with Gasteiger partial charge in [-0.25, -0.2) is 8.78 Å². The number of likely N-dealkylation sites (tertiary alicyclic amines) is 1. The Morgan fingerprint density at radius 2 is 2.00 bits per heavy atom. The molecule has 108 valence electrons. The van der Waals surface area contributed by atoms with Crippen molar-refractivity contribution in [2.24, 2.45) is 5.92 Å². The fraction of sp³-hybridized carbons (Fsp3) is 0.385. The Hall–Kier alpha value is -1.69. The van der Waals surface area contributed by atoms with Gasteiger partial charge in [0.1, 0.15) is 11.6 Å². The minimum atomic E-state index is -1.00. The summed E-state index contributed by atoms with van der Waals surface area (Å²) in [5.41, 5.74) is -0.440. The molecule has 4 nitrogen and oxygen atoms in total. The number of benzene rings is 1. The van der Waals surface area contributed by atoms with Crippen LogP contribution in [0.2, 0.25) is 5.02 Å². The molecule has 0 bridgehead atoms. The molecule has 7 heteroatoms. The third-order valence-corrected chi connectivity index (χ3v) is 3.86. The van der Waals surface area contributed by atoms with Gasteiger partial charge in [-0.1, -0.05) is 11.6 Å². The highest BCUT2D eigenvalue weighted by molar-refractivity contribution is 6.30. The van der Waals surface area contributed by atoms with Gasteiger partial charge in [0, 0.05) is 12.6 Å². The van der Waals surface area contributed by atoms with Gasteiger partial charge < -0.3 is 10.0 Å². The monoisotopic (exact) mass is 303 g/mol. The maximum Gasteiger partial charge on any atom is 0.308 e. The van der Waals surface area contributed by atoms with Gasteiger partial charge in [-0.3, -0.25) is 9.59 Å². The third-order valence-electron chi connectivity index (χ3n) is 3.57. The lowest BCUT2D eigenvalue weighted by atomic mass is 10.0. The number of aliphatic carboxylic acids is 1. The number of rotatable bonds is 2. The zero-order valence-corrected chi connectivity index (χ0v) is 11.3. The summed E-state index contributed by atoms with van der Waals surface area (Å²) in [5.74, 6) is -4.24. The Morgan fingerprint density at radius 3 is 2.55 bits per heavy atom. The Kier molecular flexibility index (Phi) is 3.94. The van der Waals surface area contributed by atoms with Crippen LogP contribution in [0.5, 0.6) is 0 Å². The molecular weight excluding hydrogens is 292 g/mol. The molecule has 0 radical (unpaired) electrons. The standard InChI is InChI=1S/C13H12ClF2NO3/c1-6-7(13(19)20)2-3-17(6)12(18)8-4-11(16)9(14)5-10(8)15/h4-7H,2-3H2,1H3,(H,19,20). The second-order valence-corrected chi connectivity index (χ2v) is 5.13. The van der Waals surface area contributed by atoms with Crippen LogP contribution in [0.3, 0.4) is 0 Å². The van der Waals surface area contributed by atoms with Gasteiger partial charge in [-0.15, -0.1) is 0 Å². The quantitative estimate of drug-likeness (QED) is 0.854. The second-order valence-electron chi connectivity index (χ2n) is 4.72. The Balaban J connectivity index is 2.29. The molecule has 2 unspecified atom stereocenters. The van der Waals surface area contributed by atoms with Crippen LogP contribution in [0.4, 0.5) is 8.78 Å². The van der Waals surface area contributed by atoms with Crippen LogP contribution in [0.15, 0.2) is 12.1 Å².